The van der Waals surface area contributed by atoms with E-state index in [1.807, 2.05) is 23.9 Å². The number of fused-ring (bicyclic) bond motifs is 4. The van der Waals surface area contributed by atoms with Gasteiger partial charge in [-0.2, -0.15) is 0 Å². The zero-order valence-corrected chi connectivity index (χ0v) is 22.2. The second kappa shape index (κ2) is 9.73. The lowest BCUT2D eigenvalue weighted by Gasteiger charge is -2.62. The van der Waals surface area contributed by atoms with Crippen LogP contribution < -0.4 is 0 Å². The number of alkyl halides is 1. The van der Waals surface area contributed by atoms with Gasteiger partial charge in [0, 0.05) is 44.0 Å². The predicted molar refractivity (Wildman–Crippen MR) is 137 cm³/mol. The van der Waals surface area contributed by atoms with Gasteiger partial charge in [-0.1, -0.05) is 26.2 Å². The van der Waals surface area contributed by atoms with Crippen molar-refractivity contribution in [3.63, 3.8) is 0 Å². The molecular weight excluding hydrogens is 487 g/mol. The molecule has 0 aromatic carbocycles. The zero-order chi connectivity index (χ0) is 26.0. The Bertz CT molecular complexity index is 1120. The van der Waals surface area contributed by atoms with Gasteiger partial charge in [-0.3, -0.25) is 9.59 Å². The zero-order valence-electron chi connectivity index (χ0n) is 22.2. The molecule has 0 spiro atoms. The number of Topliss-reactive ketones (excluding diaryl/α,β-unsaturated/α-hetero) is 1. The van der Waals surface area contributed by atoms with E-state index in [0.717, 1.165) is 25.1 Å². The first-order valence-electron chi connectivity index (χ1n) is 14.8. The van der Waals surface area contributed by atoms with Gasteiger partial charge in [-0.25, -0.2) is 9.37 Å². The highest BCUT2D eigenvalue weighted by Crippen LogP contribution is 2.53. The fraction of sp³-hybridized carbons (Fsp3) is 0.759. The molecule has 3 aliphatic heterocycles. The molecule has 206 valence electrons. The molecule has 9 unspecified atom stereocenters. The number of ether oxygens (including phenoxy) is 2. The molecule has 0 radical (unpaired) electrons. The number of ketones is 1. The number of carbonyl (C=O) groups is 2. The van der Waals surface area contributed by atoms with Crippen molar-refractivity contribution in [1.82, 2.24) is 19.4 Å². The van der Waals surface area contributed by atoms with Crippen LogP contribution in [0.2, 0.25) is 0 Å². The summed E-state index contributed by atoms with van der Waals surface area (Å²) in [6.45, 7) is 3.95. The van der Waals surface area contributed by atoms with E-state index in [-0.39, 0.29) is 41.9 Å². The average molecular weight is 527 g/mol. The largest absolute Gasteiger partial charge is 0.378 e. The highest BCUT2D eigenvalue weighted by atomic mass is 19.1. The molecule has 1 aromatic heterocycles. The molecule has 9 atom stereocenters. The number of morpholine rings is 2. The van der Waals surface area contributed by atoms with E-state index < -0.39 is 24.2 Å². The van der Waals surface area contributed by atoms with Crippen LogP contribution in [0.4, 0.5) is 4.39 Å². The lowest BCUT2D eigenvalue weighted by Crippen LogP contribution is -2.71. The third-order valence-electron chi connectivity index (χ3n) is 10.4. The van der Waals surface area contributed by atoms with Crippen LogP contribution in [-0.2, 0) is 25.5 Å². The summed E-state index contributed by atoms with van der Waals surface area (Å²) in [6, 6.07) is -0.669. The van der Waals surface area contributed by atoms with Crippen LogP contribution in [0.15, 0.2) is 24.2 Å². The van der Waals surface area contributed by atoms with Crippen LogP contribution in [0.1, 0.15) is 63.7 Å². The standard InChI is InChI=1S/C29H39FN4O4/c1-2-23-31-9-10-33(23)26-21(30)15-19-25-28(26)38-22-8-7-17-5-3-4-6-18(17)24(22)34(25)16-20(27(19)35)29(36)32-11-13-37-14-12-32/h9-10,16-19,21-22,24-26,28H,2-8,11-15H2,1H3. The van der Waals surface area contributed by atoms with E-state index in [9.17, 15) is 9.59 Å². The maximum atomic E-state index is 16.2. The highest BCUT2D eigenvalue weighted by Gasteiger charge is 2.61. The number of hydrogen-bond acceptors (Lipinski definition) is 6. The molecular formula is C29H39FN4O4. The number of aryl methyl sites for hydroxylation is 1. The number of nitrogens with zero attached hydrogens (tertiary/aromatic N) is 4. The minimum Gasteiger partial charge on any atom is -0.378 e. The van der Waals surface area contributed by atoms with Gasteiger partial charge in [0.1, 0.15) is 18.1 Å². The molecule has 1 amide bonds. The molecule has 7 rings (SSSR count). The monoisotopic (exact) mass is 526 g/mol. The third kappa shape index (κ3) is 3.79. The summed E-state index contributed by atoms with van der Waals surface area (Å²) >= 11 is 0. The van der Waals surface area contributed by atoms with Crippen molar-refractivity contribution in [2.45, 2.75) is 94.8 Å². The predicted octanol–water partition coefficient (Wildman–Crippen LogP) is 3.08. The summed E-state index contributed by atoms with van der Waals surface area (Å²) in [7, 11) is 0. The summed E-state index contributed by atoms with van der Waals surface area (Å²) in [5.41, 5.74) is 0.230. The normalized spacial score (nSPS) is 40.6. The fourth-order valence-electron chi connectivity index (χ4n) is 8.69. The number of rotatable bonds is 3. The summed E-state index contributed by atoms with van der Waals surface area (Å²) < 4.78 is 30.5. The lowest BCUT2D eigenvalue weighted by atomic mass is 9.63. The Hall–Kier alpha value is -2.26. The number of aromatic nitrogens is 2. The first kappa shape index (κ1) is 24.8. The van der Waals surface area contributed by atoms with E-state index in [1.54, 1.807) is 11.1 Å². The van der Waals surface area contributed by atoms with Crippen LogP contribution >= 0.6 is 0 Å². The quantitative estimate of drug-likeness (QED) is 0.564. The molecule has 6 aliphatic rings. The van der Waals surface area contributed by atoms with Crippen molar-refractivity contribution in [2.75, 3.05) is 26.3 Å². The third-order valence-corrected chi connectivity index (χ3v) is 10.4. The van der Waals surface area contributed by atoms with Crippen LogP contribution in [-0.4, -0.2) is 87.8 Å². The van der Waals surface area contributed by atoms with E-state index in [2.05, 4.69) is 9.88 Å². The second-order valence-electron chi connectivity index (χ2n) is 12.1. The maximum absolute atomic E-state index is 16.2. The number of amides is 1. The van der Waals surface area contributed by atoms with Crippen molar-refractivity contribution >= 4 is 11.7 Å². The van der Waals surface area contributed by atoms with E-state index >= 15 is 4.39 Å². The van der Waals surface area contributed by atoms with Gasteiger partial charge in [-0.15, -0.1) is 0 Å². The Morgan fingerprint density at radius 2 is 1.92 bits per heavy atom. The molecule has 5 fully saturated rings. The van der Waals surface area contributed by atoms with Crippen LogP contribution in [0.3, 0.4) is 0 Å². The van der Waals surface area contributed by atoms with E-state index in [4.69, 9.17) is 9.47 Å². The Balaban J connectivity index is 1.32. The van der Waals surface area contributed by atoms with Gasteiger partial charge in [0.05, 0.1) is 43.0 Å². The average Bonchev–Trinajstić information content (AvgIpc) is 3.42. The topological polar surface area (TPSA) is 76.9 Å². The fourth-order valence-corrected chi connectivity index (χ4v) is 8.69. The summed E-state index contributed by atoms with van der Waals surface area (Å²) in [4.78, 5) is 36.2. The van der Waals surface area contributed by atoms with Gasteiger partial charge >= 0.3 is 0 Å². The molecule has 0 N–H and O–H groups in total. The molecule has 8 nitrogen and oxygen atoms in total. The summed E-state index contributed by atoms with van der Waals surface area (Å²) in [5.74, 6) is 0.942. The Morgan fingerprint density at radius 1 is 1.11 bits per heavy atom. The number of carbonyl (C=O) groups excluding carboxylic acids is 2. The van der Waals surface area contributed by atoms with Crippen molar-refractivity contribution in [1.29, 1.82) is 0 Å². The highest BCUT2D eigenvalue weighted by molar-refractivity contribution is 6.20. The minimum atomic E-state index is -1.26. The molecule has 4 heterocycles. The van der Waals surface area contributed by atoms with Gasteiger partial charge in [0.2, 0.25) is 0 Å². The van der Waals surface area contributed by atoms with Crippen molar-refractivity contribution < 1.29 is 23.5 Å². The second-order valence-corrected chi connectivity index (χ2v) is 12.1. The van der Waals surface area contributed by atoms with Crippen LogP contribution in [0.5, 0.6) is 0 Å². The van der Waals surface area contributed by atoms with Crippen LogP contribution in [0, 0.1) is 17.8 Å². The van der Waals surface area contributed by atoms with Crippen LogP contribution in [0.25, 0.3) is 0 Å². The van der Waals surface area contributed by atoms with Gasteiger partial charge in [0.15, 0.2) is 5.78 Å². The molecule has 38 heavy (non-hydrogen) atoms. The first-order valence-corrected chi connectivity index (χ1v) is 14.8. The van der Waals surface area contributed by atoms with E-state index in [1.165, 1.54) is 19.3 Å². The Kier molecular flexibility index (Phi) is 6.34. The number of imidazole rings is 1. The number of halogens is 1. The Labute approximate surface area is 223 Å². The molecule has 2 saturated heterocycles. The molecule has 3 saturated carbocycles. The minimum absolute atomic E-state index is 0.0261. The van der Waals surface area contributed by atoms with Crippen molar-refractivity contribution in [2.24, 2.45) is 17.8 Å². The van der Waals surface area contributed by atoms with Crippen molar-refractivity contribution in [3.05, 3.63) is 30.0 Å². The Morgan fingerprint density at radius 3 is 2.74 bits per heavy atom. The van der Waals surface area contributed by atoms with Gasteiger partial charge in [0.25, 0.3) is 5.91 Å². The smallest absolute Gasteiger partial charge is 0.259 e. The summed E-state index contributed by atoms with van der Waals surface area (Å²) in [6.07, 6.45) is 11.5. The summed E-state index contributed by atoms with van der Waals surface area (Å²) in [5, 5.41) is 0. The maximum Gasteiger partial charge on any atom is 0.259 e. The first-order chi connectivity index (χ1) is 18.6. The molecule has 0 bridgehead atoms. The lowest BCUT2D eigenvalue weighted by molar-refractivity contribution is -0.220. The van der Waals surface area contributed by atoms with E-state index in [0.29, 0.717) is 44.6 Å². The van der Waals surface area contributed by atoms with Gasteiger partial charge in [-0.05, 0) is 37.5 Å². The molecule has 3 aliphatic carbocycles. The SMILES string of the molecule is CCc1nccn1C1C(F)CC2C(=O)C(C(=O)N3CCOCC3)=CN3C4C(CCC5CCCCC54)OC1C23. The number of hydrogen-bond donors (Lipinski definition) is 0. The van der Waals surface area contributed by atoms with Gasteiger partial charge < -0.3 is 23.8 Å². The molecule has 1 aromatic rings. The van der Waals surface area contributed by atoms with Crippen molar-refractivity contribution in [3.8, 4) is 0 Å². The molecule has 9 heteroatoms.